The number of anilines is 1. The number of fused-ring (bicyclic) bond motifs is 1. The minimum atomic E-state index is -4.49. The Kier molecular flexibility index (Phi) is 2.83. The molecule has 1 heterocycles. The third kappa shape index (κ3) is 2.18. The Bertz CT molecular complexity index is 766. The molecule has 2 aromatic rings. The second kappa shape index (κ2) is 4.44. The van der Waals surface area contributed by atoms with E-state index >= 15 is 0 Å². The maximum absolute atomic E-state index is 13.0. The molecule has 106 valence electrons. The normalized spacial score (nSPS) is 14.0. The predicted octanol–water partition coefficient (Wildman–Crippen LogP) is 3.51. The van der Waals surface area contributed by atoms with Gasteiger partial charge in [-0.3, -0.25) is 9.59 Å². The molecule has 3 rings (SSSR count). The van der Waals surface area contributed by atoms with E-state index in [4.69, 9.17) is 0 Å². The molecule has 0 saturated carbocycles. The lowest BCUT2D eigenvalue weighted by atomic mass is 9.97. The van der Waals surface area contributed by atoms with Crippen LogP contribution in [0.15, 0.2) is 42.5 Å². The summed E-state index contributed by atoms with van der Waals surface area (Å²) in [6, 6.07) is 9.29. The summed E-state index contributed by atoms with van der Waals surface area (Å²) in [5.74, 6) is -1.51. The van der Waals surface area contributed by atoms with Crippen molar-refractivity contribution in [3.8, 4) is 11.1 Å². The lowest BCUT2D eigenvalue weighted by Crippen LogP contribution is -2.12. The highest BCUT2D eigenvalue weighted by Gasteiger charge is 2.34. The van der Waals surface area contributed by atoms with E-state index in [9.17, 15) is 22.8 Å². The molecule has 3 nitrogen and oxygen atoms in total. The van der Waals surface area contributed by atoms with Crippen LogP contribution in [-0.2, 0) is 11.0 Å². The number of carbonyl (C=O) groups excluding carboxylic acids is 2. The Morgan fingerprint density at radius 3 is 2.33 bits per heavy atom. The molecule has 0 aromatic heterocycles. The van der Waals surface area contributed by atoms with Gasteiger partial charge >= 0.3 is 6.18 Å². The monoisotopic (exact) mass is 291 g/mol. The van der Waals surface area contributed by atoms with Crippen molar-refractivity contribution in [1.82, 2.24) is 0 Å². The summed E-state index contributed by atoms with van der Waals surface area (Å²) in [7, 11) is 0. The number of hydrogen-bond donors (Lipinski definition) is 1. The summed E-state index contributed by atoms with van der Waals surface area (Å²) < 4.78 is 39.0. The van der Waals surface area contributed by atoms with Gasteiger partial charge in [-0.1, -0.05) is 24.3 Å². The molecule has 1 N–H and O–H groups in total. The molecule has 0 radical (unpaired) electrons. The van der Waals surface area contributed by atoms with E-state index in [2.05, 4.69) is 5.32 Å². The van der Waals surface area contributed by atoms with Crippen molar-refractivity contribution < 1.29 is 22.8 Å². The minimum Gasteiger partial charge on any atom is -0.318 e. The zero-order valence-corrected chi connectivity index (χ0v) is 10.5. The Hall–Kier alpha value is -2.63. The van der Waals surface area contributed by atoms with E-state index in [1.165, 1.54) is 36.4 Å². The fourth-order valence-electron chi connectivity index (χ4n) is 2.29. The van der Waals surface area contributed by atoms with Gasteiger partial charge in [-0.2, -0.15) is 13.2 Å². The van der Waals surface area contributed by atoms with E-state index < -0.39 is 23.4 Å². The molecule has 0 unspecified atom stereocenters. The number of nitrogens with one attached hydrogen (secondary N) is 1. The largest absolute Gasteiger partial charge is 0.417 e. The maximum Gasteiger partial charge on any atom is 0.417 e. The van der Waals surface area contributed by atoms with Crippen LogP contribution in [0, 0.1) is 0 Å². The van der Waals surface area contributed by atoms with Gasteiger partial charge in [0.2, 0.25) is 0 Å². The fraction of sp³-hybridized carbons (Fsp3) is 0.0667. The van der Waals surface area contributed by atoms with Crippen molar-refractivity contribution in [2.75, 3.05) is 5.32 Å². The number of hydrogen-bond acceptors (Lipinski definition) is 2. The van der Waals surface area contributed by atoms with Crippen LogP contribution in [0.25, 0.3) is 11.1 Å². The number of ketones is 1. The third-order valence-electron chi connectivity index (χ3n) is 3.26. The Labute approximate surface area is 117 Å². The second-order valence-electron chi connectivity index (χ2n) is 4.59. The standard InChI is InChI=1S/C15H8F3NO2/c16-15(17,18)11-4-2-1-3-9(11)8-5-6-12-10(7-8)13(20)14(21)19-12/h1-7H,(H,19,20,21). The zero-order chi connectivity index (χ0) is 15.2. The van der Waals surface area contributed by atoms with Crippen LogP contribution in [0.4, 0.5) is 18.9 Å². The molecule has 0 fully saturated rings. The minimum absolute atomic E-state index is 0.0278. The van der Waals surface area contributed by atoms with E-state index in [1.54, 1.807) is 0 Å². The third-order valence-corrected chi connectivity index (χ3v) is 3.26. The van der Waals surface area contributed by atoms with Crippen LogP contribution >= 0.6 is 0 Å². The number of amides is 1. The fourth-order valence-corrected chi connectivity index (χ4v) is 2.29. The molecule has 1 aliphatic rings. The van der Waals surface area contributed by atoms with Crippen molar-refractivity contribution in [1.29, 1.82) is 0 Å². The SMILES string of the molecule is O=C1Nc2ccc(-c3ccccc3C(F)(F)F)cc2C1=O. The molecule has 0 spiro atoms. The van der Waals surface area contributed by atoms with Crippen molar-refractivity contribution in [2.24, 2.45) is 0 Å². The van der Waals surface area contributed by atoms with Gasteiger partial charge in [-0.05, 0) is 29.3 Å². The Morgan fingerprint density at radius 2 is 1.62 bits per heavy atom. The van der Waals surface area contributed by atoms with Gasteiger partial charge < -0.3 is 5.32 Å². The highest BCUT2D eigenvalue weighted by atomic mass is 19.4. The summed E-state index contributed by atoms with van der Waals surface area (Å²) >= 11 is 0. The van der Waals surface area contributed by atoms with E-state index in [0.29, 0.717) is 5.69 Å². The molecular formula is C15H8F3NO2. The van der Waals surface area contributed by atoms with Crippen LogP contribution in [0.5, 0.6) is 0 Å². The van der Waals surface area contributed by atoms with Crippen molar-refractivity contribution in [3.05, 3.63) is 53.6 Å². The Balaban J connectivity index is 2.16. The molecule has 0 atom stereocenters. The van der Waals surface area contributed by atoms with Gasteiger partial charge in [0.15, 0.2) is 0 Å². The van der Waals surface area contributed by atoms with Gasteiger partial charge in [0.1, 0.15) is 0 Å². The molecule has 0 saturated heterocycles. The Morgan fingerprint density at radius 1 is 0.905 bits per heavy atom. The number of halogens is 3. The smallest absolute Gasteiger partial charge is 0.318 e. The first kappa shape index (κ1) is 13.4. The number of rotatable bonds is 1. The quantitative estimate of drug-likeness (QED) is 0.817. The van der Waals surface area contributed by atoms with E-state index in [1.807, 2.05) is 0 Å². The van der Waals surface area contributed by atoms with Gasteiger partial charge in [0.05, 0.1) is 16.8 Å². The van der Waals surface area contributed by atoms with Gasteiger partial charge in [0.25, 0.3) is 11.7 Å². The topological polar surface area (TPSA) is 46.2 Å². The number of Topliss-reactive ketones (excluding diaryl/α,β-unsaturated/α-hetero) is 1. The lowest BCUT2D eigenvalue weighted by molar-refractivity contribution is -0.137. The van der Waals surface area contributed by atoms with Crippen molar-refractivity contribution in [2.45, 2.75) is 6.18 Å². The highest BCUT2D eigenvalue weighted by Crippen LogP contribution is 2.38. The van der Waals surface area contributed by atoms with Crippen LogP contribution < -0.4 is 5.32 Å². The maximum atomic E-state index is 13.0. The molecule has 21 heavy (non-hydrogen) atoms. The molecule has 1 aliphatic heterocycles. The summed E-state index contributed by atoms with van der Waals surface area (Å²) in [5.41, 5.74) is -0.158. The summed E-state index contributed by atoms with van der Waals surface area (Å²) in [4.78, 5) is 22.9. The molecule has 1 amide bonds. The van der Waals surface area contributed by atoms with Gasteiger partial charge in [-0.25, -0.2) is 0 Å². The van der Waals surface area contributed by atoms with Crippen LogP contribution in [0.2, 0.25) is 0 Å². The molecule has 0 bridgehead atoms. The molecular weight excluding hydrogens is 283 g/mol. The summed E-state index contributed by atoms with van der Waals surface area (Å²) in [5, 5.41) is 2.36. The van der Waals surface area contributed by atoms with Crippen molar-refractivity contribution in [3.63, 3.8) is 0 Å². The second-order valence-corrected chi connectivity index (χ2v) is 4.59. The lowest BCUT2D eigenvalue weighted by Gasteiger charge is -2.13. The van der Waals surface area contributed by atoms with Crippen molar-refractivity contribution >= 4 is 17.4 Å². The summed E-state index contributed by atoms with van der Waals surface area (Å²) in [6.07, 6.45) is -4.49. The number of benzene rings is 2. The first-order valence-electron chi connectivity index (χ1n) is 6.04. The average molecular weight is 291 g/mol. The average Bonchev–Trinajstić information content (AvgIpc) is 2.73. The van der Waals surface area contributed by atoms with Crippen LogP contribution in [-0.4, -0.2) is 11.7 Å². The molecule has 2 aromatic carbocycles. The van der Waals surface area contributed by atoms with Crippen LogP contribution in [0.3, 0.4) is 0 Å². The number of carbonyl (C=O) groups is 2. The zero-order valence-electron chi connectivity index (χ0n) is 10.5. The number of alkyl halides is 3. The predicted molar refractivity (Wildman–Crippen MR) is 69.8 cm³/mol. The van der Waals surface area contributed by atoms with E-state index in [-0.39, 0.29) is 16.7 Å². The summed E-state index contributed by atoms with van der Waals surface area (Å²) in [6.45, 7) is 0. The first-order chi connectivity index (χ1) is 9.88. The van der Waals surface area contributed by atoms with Crippen LogP contribution in [0.1, 0.15) is 15.9 Å². The van der Waals surface area contributed by atoms with Gasteiger partial charge in [-0.15, -0.1) is 0 Å². The molecule has 0 aliphatic carbocycles. The first-order valence-corrected chi connectivity index (χ1v) is 6.04. The van der Waals surface area contributed by atoms with Gasteiger partial charge in [0, 0.05) is 0 Å². The van der Waals surface area contributed by atoms with E-state index in [0.717, 1.165) is 6.07 Å². The molecule has 6 heteroatoms. The highest BCUT2D eigenvalue weighted by molar-refractivity contribution is 6.51.